The number of ether oxygens (including phenoxy) is 3. The van der Waals surface area contributed by atoms with Crippen LogP contribution in [0.1, 0.15) is 18.1 Å². The predicted octanol–water partition coefficient (Wildman–Crippen LogP) is 3.35. The van der Waals surface area contributed by atoms with Crippen molar-refractivity contribution in [1.29, 1.82) is 0 Å². The first-order valence-electron chi connectivity index (χ1n) is 10.9. The van der Waals surface area contributed by atoms with Crippen LogP contribution >= 0.6 is 11.8 Å². The number of thioether (sulfide) groups is 1. The summed E-state index contributed by atoms with van der Waals surface area (Å²) in [6.07, 6.45) is 1.40. The normalized spacial score (nSPS) is 14.7. The van der Waals surface area contributed by atoms with E-state index in [1.807, 2.05) is 13.0 Å². The van der Waals surface area contributed by atoms with Crippen LogP contribution in [0.25, 0.3) is 6.08 Å². The molecule has 9 nitrogen and oxygen atoms in total. The molecule has 2 aromatic rings. The summed E-state index contributed by atoms with van der Waals surface area (Å²) in [4.78, 5) is 50.2. The van der Waals surface area contributed by atoms with E-state index in [0.717, 1.165) is 10.5 Å². The van der Waals surface area contributed by atoms with Crippen molar-refractivity contribution in [3.63, 3.8) is 0 Å². The minimum absolute atomic E-state index is 0.183. The minimum Gasteiger partial charge on any atom is -0.493 e. The van der Waals surface area contributed by atoms with Gasteiger partial charge in [-0.25, -0.2) is 9.69 Å². The number of nitrogens with zero attached hydrogens (tertiary/aromatic N) is 1. The first-order chi connectivity index (χ1) is 16.8. The Morgan fingerprint density at radius 1 is 1.11 bits per heavy atom. The van der Waals surface area contributed by atoms with Gasteiger partial charge in [-0.05, 0) is 55.3 Å². The third kappa shape index (κ3) is 6.63. The van der Waals surface area contributed by atoms with E-state index in [9.17, 15) is 19.2 Å². The van der Waals surface area contributed by atoms with E-state index in [1.165, 1.54) is 24.9 Å². The van der Waals surface area contributed by atoms with Gasteiger partial charge in [0.2, 0.25) is 0 Å². The number of amides is 4. The Morgan fingerprint density at radius 2 is 1.91 bits per heavy atom. The lowest BCUT2D eigenvalue weighted by atomic mass is 10.1. The Balaban J connectivity index is 1.73. The molecule has 0 saturated carbocycles. The average Bonchev–Trinajstić information content (AvgIpc) is 2.82. The number of carbonyl (C=O) groups excluding carboxylic acids is 4. The molecule has 10 heteroatoms. The van der Waals surface area contributed by atoms with Gasteiger partial charge in [0.1, 0.15) is 5.57 Å². The SMILES string of the molecule is CCOC(=O)CSCCOc1ccc(C=C2C(=O)NC(=O)N(c3cccc(C)c3)C2=O)cc1OC. The van der Waals surface area contributed by atoms with Crippen LogP contribution in [0.2, 0.25) is 0 Å². The summed E-state index contributed by atoms with van der Waals surface area (Å²) in [5, 5.41) is 2.21. The lowest BCUT2D eigenvalue weighted by molar-refractivity contribution is -0.139. The van der Waals surface area contributed by atoms with Gasteiger partial charge in [0, 0.05) is 5.75 Å². The van der Waals surface area contributed by atoms with Crippen molar-refractivity contribution in [2.75, 3.05) is 36.7 Å². The Hall–Kier alpha value is -3.79. The maximum atomic E-state index is 13.1. The van der Waals surface area contributed by atoms with E-state index in [1.54, 1.807) is 43.3 Å². The third-order valence-corrected chi connectivity index (χ3v) is 5.77. The van der Waals surface area contributed by atoms with Crippen LogP contribution in [0.15, 0.2) is 48.0 Å². The molecular weight excluding hydrogens is 472 g/mol. The van der Waals surface area contributed by atoms with Gasteiger partial charge in [-0.1, -0.05) is 18.2 Å². The van der Waals surface area contributed by atoms with Crippen LogP contribution < -0.4 is 19.7 Å². The molecule has 3 rings (SSSR count). The van der Waals surface area contributed by atoms with Gasteiger partial charge in [-0.15, -0.1) is 11.8 Å². The molecule has 0 aliphatic carbocycles. The van der Waals surface area contributed by atoms with Crippen molar-refractivity contribution >= 4 is 47.3 Å². The zero-order chi connectivity index (χ0) is 25.4. The molecule has 1 aliphatic rings. The van der Waals surface area contributed by atoms with E-state index >= 15 is 0 Å². The molecule has 0 bridgehead atoms. The van der Waals surface area contributed by atoms with Gasteiger partial charge in [0.05, 0.1) is 31.8 Å². The second kappa shape index (κ2) is 12.1. The van der Waals surface area contributed by atoms with E-state index < -0.39 is 17.8 Å². The fourth-order valence-corrected chi connectivity index (χ4v) is 3.88. The van der Waals surface area contributed by atoms with Crippen LogP contribution in [0.5, 0.6) is 11.5 Å². The van der Waals surface area contributed by atoms with Gasteiger partial charge in [-0.3, -0.25) is 19.7 Å². The molecule has 0 spiro atoms. The molecule has 35 heavy (non-hydrogen) atoms. The summed E-state index contributed by atoms with van der Waals surface area (Å²) in [6.45, 7) is 4.29. The molecule has 0 aromatic heterocycles. The van der Waals surface area contributed by atoms with Crippen molar-refractivity contribution < 1.29 is 33.4 Å². The van der Waals surface area contributed by atoms with Gasteiger partial charge < -0.3 is 14.2 Å². The molecule has 1 fully saturated rings. The molecule has 1 saturated heterocycles. The standard InChI is InChI=1S/C25H26N2O7S/c1-4-33-22(28)15-35-11-10-34-20-9-8-17(14-21(20)32-3)13-19-23(29)26-25(31)27(24(19)30)18-7-5-6-16(2)12-18/h5-9,12-14H,4,10-11,15H2,1-3H3,(H,26,29,31). The molecule has 1 heterocycles. The number of imide groups is 2. The summed E-state index contributed by atoms with van der Waals surface area (Å²) in [5.74, 6) is -0.0579. The summed E-state index contributed by atoms with van der Waals surface area (Å²) < 4.78 is 16.0. The van der Waals surface area contributed by atoms with Gasteiger partial charge in [0.15, 0.2) is 11.5 Å². The number of hydrogen-bond donors (Lipinski definition) is 1. The molecule has 0 radical (unpaired) electrons. The van der Waals surface area contributed by atoms with Crippen molar-refractivity contribution in [3.05, 3.63) is 59.2 Å². The van der Waals surface area contributed by atoms with Crippen LogP contribution in [-0.4, -0.2) is 55.6 Å². The fraction of sp³-hybridized carbons (Fsp3) is 0.280. The zero-order valence-electron chi connectivity index (χ0n) is 19.7. The predicted molar refractivity (Wildman–Crippen MR) is 133 cm³/mol. The summed E-state index contributed by atoms with van der Waals surface area (Å²) in [5.41, 5.74) is 1.57. The molecule has 1 N–H and O–H groups in total. The number of esters is 1. The van der Waals surface area contributed by atoms with E-state index in [4.69, 9.17) is 14.2 Å². The largest absolute Gasteiger partial charge is 0.493 e. The number of carbonyl (C=O) groups is 4. The zero-order valence-corrected chi connectivity index (χ0v) is 20.5. The molecule has 184 valence electrons. The van der Waals surface area contributed by atoms with Crippen molar-refractivity contribution in [2.24, 2.45) is 0 Å². The lowest BCUT2D eigenvalue weighted by Gasteiger charge is -2.26. The topological polar surface area (TPSA) is 111 Å². The maximum absolute atomic E-state index is 13.1. The second-order valence-corrected chi connectivity index (χ2v) is 8.52. The third-order valence-electron chi connectivity index (χ3n) is 4.87. The average molecular weight is 499 g/mol. The molecular formula is C25H26N2O7S. The van der Waals surface area contributed by atoms with Crippen molar-refractivity contribution in [3.8, 4) is 11.5 Å². The number of urea groups is 1. The smallest absolute Gasteiger partial charge is 0.335 e. The first-order valence-corrected chi connectivity index (χ1v) is 12.0. The Bertz CT molecular complexity index is 1160. The first kappa shape index (κ1) is 25.8. The monoisotopic (exact) mass is 498 g/mol. The van der Waals surface area contributed by atoms with Gasteiger partial charge in [-0.2, -0.15) is 0 Å². The molecule has 0 unspecified atom stereocenters. The number of rotatable bonds is 10. The van der Waals surface area contributed by atoms with Crippen LogP contribution in [-0.2, 0) is 19.1 Å². The van der Waals surface area contributed by atoms with E-state index in [0.29, 0.717) is 41.7 Å². The number of nitrogens with one attached hydrogen (secondary N) is 1. The van der Waals surface area contributed by atoms with Crippen LogP contribution in [0.4, 0.5) is 10.5 Å². The molecule has 1 aliphatic heterocycles. The van der Waals surface area contributed by atoms with Crippen LogP contribution in [0.3, 0.4) is 0 Å². The Morgan fingerprint density at radius 3 is 2.63 bits per heavy atom. The molecule has 0 atom stereocenters. The number of benzene rings is 2. The van der Waals surface area contributed by atoms with Gasteiger partial charge >= 0.3 is 12.0 Å². The van der Waals surface area contributed by atoms with Crippen molar-refractivity contribution in [1.82, 2.24) is 5.32 Å². The van der Waals surface area contributed by atoms with Crippen molar-refractivity contribution in [2.45, 2.75) is 13.8 Å². The van der Waals surface area contributed by atoms with Gasteiger partial charge in [0.25, 0.3) is 11.8 Å². The number of hydrogen-bond acceptors (Lipinski definition) is 8. The lowest BCUT2D eigenvalue weighted by Crippen LogP contribution is -2.54. The molecule has 2 aromatic carbocycles. The van der Waals surface area contributed by atoms with Crippen LogP contribution in [0, 0.1) is 6.92 Å². The minimum atomic E-state index is -0.801. The number of methoxy groups -OCH3 is 1. The highest BCUT2D eigenvalue weighted by atomic mass is 32.2. The number of aryl methyl sites for hydroxylation is 1. The highest BCUT2D eigenvalue weighted by molar-refractivity contribution is 7.99. The highest BCUT2D eigenvalue weighted by Crippen LogP contribution is 2.30. The highest BCUT2D eigenvalue weighted by Gasteiger charge is 2.36. The summed E-state index contributed by atoms with van der Waals surface area (Å²) >= 11 is 1.40. The van der Waals surface area contributed by atoms with E-state index in [2.05, 4.69) is 5.32 Å². The Labute approximate surface area is 207 Å². The van der Waals surface area contributed by atoms with E-state index in [-0.39, 0.29) is 17.3 Å². The second-order valence-electron chi connectivity index (χ2n) is 7.41. The molecule has 4 amide bonds. The summed E-state index contributed by atoms with van der Waals surface area (Å²) in [7, 11) is 1.48. The maximum Gasteiger partial charge on any atom is 0.335 e. The fourth-order valence-electron chi connectivity index (χ4n) is 3.29. The number of barbiturate groups is 1. The summed E-state index contributed by atoms with van der Waals surface area (Å²) in [6, 6.07) is 11.0. The Kier molecular flexibility index (Phi) is 8.91. The quantitative estimate of drug-likeness (QED) is 0.230. The number of anilines is 1.